The molecule has 162 valence electrons. The van der Waals surface area contributed by atoms with Crippen LogP contribution in [-0.4, -0.2) is 42.0 Å². The van der Waals surface area contributed by atoms with Gasteiger partial charge in [0.25, 0.3) is 0 Å². The number of benzene rings is 1. The molecule has 2 heterocycles. The van der Waals surface area contributed by atoms with Crippen molar-refractivity contribution in [2.24, 2.45) is 0 Å². The number of likely N-dealkylation sites (tertiary alicyclic amines) is 1. The smallest absolute Gasteiger partial charge is 0.232 e. The number of hydrogen-bond acceptors (Lipinski definition) is 6. The first-order chi connectivity index (χ1) is 15.1. The molecule has 0 bridgehead atoms. The van der Waals surface area contributed by atoms with Gasteiger partial charge in [0, 0.05) is 36.3 Å². The molecule has 31 heavy (non-hydrogen) atoms. The first-order valence-electron chi connectivity index (χ1n) is 10.9. The summed E-state index contributed by atoms with van der Waals surface area (Å²) < 4.78 is 5.85. The highest BCUT2D eigenvalue weighted by atomic mass is 32.2. The highest BCUT2D eigenvalue weighted by Gasteiger charge is 2.38. The number of Topliss-reactive ketones (excluding diaryl/α,β-unsaturated/α-hetero) is 1. The number of ether oxygens (including phenoxy) is 1. The molecule has 0 aromatic heterocycles. The molecule has 7 heteroatoms. The lowest BCUT2D eigenvalue weighted by atomic mass is 9.76. The van der Waals surface area contributed by atoms with Crippen LogP contribution < -0.4 is 10.1 Å². The van der Waals surface area contributed by atoms with E-state index in [2.05, 4.69) is 11.4 Å². The van der Waals surface area contributed by atoms with Gasteiger partial charge in [0.15, 0.2) is 5.78 Å². The van der Waals surface area contributed by atoms with E-state index in [9.17, 15) is 14.9 Å². The maximum absolute atomic E-state index is 13.0. The number of amides is 1. The zero-order valence-electron chi connectivity index (χ0n) is 17.8. The van der Waals surface area contributed by atoms with Crippen molar-refractivity contribution in [3.8, 4) is 11.8 Å². The average molecular weight is 438 g/mol. The molecule has 2 aliphatic heterocycles. The van der Waals surface area contributed by atoms with Gasteiger partial charge in [-0.15, -0.1) is 0 Å². The summed E-state index contributed by atoms with van der Waals surface area (Å²) in [4.78, 5) is 27.4. The van der Waals surface area contributed by atoms with Gasteiger partial charge in [-0.25, -0.2) is 0 Å². The summed E-state index contributed by atoms with van der Waals surface area (Å²) in [6.07, 6.45) is 4.14. The fourth-order valence-electron chi connectivity index (χ4n) is 4.55. The number of nitriles is 1. The molecule has 1 aliphatic carbocycles. The van der Waals surface area contributed by atoms with E-state index in [1.807, 2.05) is 36.1 Å². The van der Waals surface area contributed by atoms with E-state index in [4.69, 9.17) is 4.74 Å². The van der Waals surface area contributed by atoms with Crippen molar-refractivity contribution in [1.29, 1.82) is 5.26 Å². The van der Waals surface area contributed by atoms with Gasteiger partial charge in [0.2, 0.25) is 5.91 Å². The van der Waals surface area contributed by atoms with Crippen LogP contribution in [-0.2, 0) is 9.59 Å². The number of ketones is 1. The van der Waals surface area contributed by atoms with Gasteiger partial charge in [-0.2, -0.15) is 5.26 Å². The number of carbonyl (C=O) groups is 2. The molecule has 1 aromatic carbocycles. The first-order valence-corrected chi connectivity index (χ1v) is 11.9. The van der Waals surface area contributed by atoms with Crippen LogP contribution in [0.3, 0.4) is 0 Å². The third kappa shape index (κ3) is 4.35. The number of carbonyl (C=O) groups excluding carboxylic acids is 2. The Morgan fingerprint density at radius 2 is 2.03 bits per heavy atom. The molecule has 1 atom stereocenters. The third-order valence-corrected chi connectivity index (χ3v) is 6.99. The van der Waals surface area contributed by atoms with Crippen molar-refractivity contribution < 1.29 is 14.3 Å². The van der Waals surface area contributed by atoms with Crippen molar-refractivity contribution in [3.05, 3.63) is 51.7 Å². The zero-order chi connectivity index (χ0) is 21.8. The summed E-state index contributed by atoms with van der Waals surface area (Å²) in [6.45, 7) is 4.04. The summed E-state index contributed by atoms with van der Waals surface area (Å²) in [5, 5.41) is 14.2. The average Bonchev–Trinajstić information content (AvgIpc) is 3.32. The van der Waals surface area contributed by atoms with Gasteiger partial charge >= 0.3 is 0 Å². The van der Waals surface area contributed by atoms with Crippen molar-refractivity contribution in [3.63, 3.8) is 0 Å². The normalized spacial score (nSPS) is 21.0. The number of dihydropyridines is 1. The Balaban J connectivity index is 1.71. The monoisotopic (exact) mass is 437 g/mol. The van der Waals surface area contributed by atoms with Gasteiger partial charge in [-0.05, 0) is 38.7 Å². The molecule has 0 unspecified atom stereocenters. The van der Waals surface area contributed by atoms with Gasteiger partial charge < -0.3 is 15.0 Å². The molecule has 0 saturated carbocycles. The lowest BCUT2D eigenvalue weighted by Gasteiger charge is -2.34. The van der Waals surface area contributed by atoms with Crippen molar-refractivity contribution in [2.45, 2.75) is 44.9 Å². The first kappa shape index (κ1) is 21.5. The number of allylic oxidation sites excluding steroid dienone is 3. The van der Waals surface area contributed by atoms with E-state index in [1.165, 1.54) is 11.8 Å². The van der Waals surface area contributed by atoms with Gasteiger partial charge in [-0.3, -0.25) is 9.59 Å². The van der Waals surface area contributed by atoms with E-state index in [0.717, 1.165) is 50.0 Å². The molecular formula is C24H27N3O3S. The van der Waals surface area contributed by atoms with E-state index >= 15 is 0 Å². The molecular weight excluding hydrogens is 410 g/mol. The Bertz CT molecular complexity index is 986. The molecule has 1 saturated heterocycles. The van der Waals surface area contributed by atoms with Crippen LogP contribution in [0.4, 0.5) is 0 Å². The second-order valence-electron chi connectivity index (χ2n) is 7.93. The summed E-state index contributed by atoms with van der Waals surface area (Å²) in [5.41, 5.74) is 2.86. The number of hydrogen-bond donors (Lipinski definition) is 1. The molecule has 0 spiro atoms. The molecule has 4 rings (SSSR count). The Kier molecular flexibility index (Phi) is 6.67. The van der Waals surface area contributed by atoms with Crippen LogP contribution in [0.5, 0.6) is 5.75 Å². The molecule has 6 nitrogen and oxygen atoms in total. The number of thioether (sulfide) groups is 1. The quantitative estimate of drug-likeness (QED) is 0.728. The highest BCUT2D eigenvalue weighted by Crippen LogP contribution is 2.46. The molecule has 1 aromatic rings. The molecule has 3 aliphatic rings. The fraction of sp³-hybridized carbons (Fsp3) is 0.458. The van der Waals surface area contributed by atoms with Crippen LogP contribution >= 0.6 is 11.8 Å². The van der Waals surface area contributed by atoms with Crippen molar-refractivity contribution >= 4 is 23.5 Å². The molecule has 0 radical (unpaired) electrons. The van der Waals surface area contributed by atoms with Gasteiger partial charge in [-0.1, -0.05) is 30.0 Å². The minimum Gasteiger partial charge on any atom is -0.494 e. The lowest BCUT2D eigenvalue weighted by Crippen LogP contribution is -2.33. The van der Waals surface area contributed by atoms with E-state index in [-0.39, 0.29) is 17.4 Å². The molecule has 1 fully saturated rings. The van der Waals surface area contributed by atoms with Crippen LogP contribution in [0, 0.1) is 11.3 Å². The highest BCUT2D eigenvalue weighted by molar-refractivity contribution is 8.03. The predicted molar refractivity (Wildman–Crippen MR) is 120 cm³/mol. The van der Waals surface area contributed by atoms with E-state index in [0.29, 0.717) is 35.0 Å². The third-order valence-electron chi connectivity index (χ3n) is 5.99. The number of nitrogens with one attached hydrogen (secondary N) is 1. The number of para-hydroxylation sites is 1. The largest absolute Gasteiger partial charge is 0.494 e. The lowest BCUT2D eigenvalue weighted by molar-refractivity contribution is -0.127. The Hall–Kier alpha value is -2.72. The fourth-order valence-corrected chi connectivity index (χ4v) is 5.51. The standard InChI is InChI=1S/C24H27N3O3S/c1-2-30-20-11-4-3-8-16(20)22-17(14-25)24(26-18-9-7-10-19(28)23(18)22)31-15-21(29)27-12-5-6-13-27/h3-4,8,11,22,26H,2,5-7,9-10,12-13,15H2,1H3/t22-/m1/s1. The SMILES string of the molecule is CCOc1ccccc1[C@@H]1C(C#N)=C(SCC(=O)N2CCCC2)NC2=C1C(=O)CCC2. The topological polar surface area (TPSA) is 82.4 Å². The van der Waals surface area contributed by atoms with Crippen LogP contribution in [0.15, 0.2) is 46.1 Å². The summed E-state index contributed by atoms with van der Waals surface area (Å²) in [5.74, 6) is 0.674. The number of nitrogens with zero attached hydrogens (tertiary/aromatic N) is 2. The minimum absolute atomic E-state index is 0.0787. The van der Waals surface area contributed by atoms with Crippen LogP contribution in [0.1, 0.15) is 50.5 Å². The Morgan fingerprint density at radius 3 is 2.77 bits per heavy atom. The second kappa shape index (κ2) is 9.61. The van der Waals surface area contributed by atoms with Gasteiger partial charge in [0.1, 0.15) is 5.75 Å². The van der Waals surface area contributed by atoms with Gasteiger partial charge in [0.05, 0.1) is 34.9 Å². The van der Waals surface area contributed by atoms with Crippen molar-refractivity contribution in [1.82, 2.24) is 10.2 Å². The van der Waals surface area contributed by atoms with E-state index < -0.39 is 5.92 Å². The number of rotatable bonds is 6. The van der Waals surface area contributed by atoms with Crippen LogP contribution in [0.25, 0.3) is 0 Å². The Morgan fingerprint density at radius 1 is 1.26 bits per heavy atom. The van der Waals surface area contributed by atoms with E-state index in [1.54, 1.807) is 0 Å². The maximum Gasteiger partial charge on any atom is 0.232 e. The second-order valence-corrected chi connectivity index (χ2v) is 8.91. The Labute approximate surface area is 187 Å². The van der Waals surface area contributed by atoms with Crippen LogP contribution in [0.2, 0.25) is 0 Å². The minimum atomic E-state index is -0.471. The molecule has 1 N–H and O–H groups in total. The summed E-state index contributed by atoms with van der Waals surface area (Å²) in [6, 6.07) is 9.97. The summed E-state index contributed by atoms with van der Waals surface area (Å²) in [7, 11) is 0. The molecule has 1 amide bonds. The maximum atomic E-state index is 13.0. The predicted octanol–water partition coefficient (Wildman–Crippen LogP) is 3.87. The van der Waals surface area contributed by atoms with Crippen molar-refractivity contribution in [2.75, 3.05) is 25.4 Å². The summed E-state index contributed by atoms with van der Waals surface area (Å²) >= 11 is 1.37. The zero-order valence-corrected chi connectivity index (χ0v) is 18.6.